The Kier molecular flexibility index (Phi) is 87.8. The van der Waals surface area contributed by atoms with Gasteiger partial charge in [0.15, 0.2) is 0 Å². The van der Waals surface area contributed by atoms with E-state index in [0.29, 0.717) is 51.4 Å². The van der Waals surface area contributed by atoms with Gasteiger partial charge in [-0.3, -0.25) is 46.9 Å². The summed E-state index contributed by atoms with van der Waals surface area (Å²) in [5, 5.41) is 10.7. The van der Waals surface area contributed by atoms with Crippen LogP contribution in [0.3, 0.4) is 0 Å². The molecular weight excluding hydrogens is 1470 g/mol. The summed E-state index contributed by atoms with van der Waals surface area (Å²) in [5.41, 5.74) is 0. The van der Waals surface area contributed by atoms with Crippen LogP contribution in [0.2, 0.25) is 0 Å². The van der Waals surface area contributed by atoms with E-state index in [1.165, 1.54) is 167 Å². The number of carbonyl (C=O) groups excluding carboxylic acids is 6. The van der Waals surface area contributed by atoms with Gasteiger partial charge in [0.25, 0.3) is 0 Å². The van der Waals surface area contributed by atoms with Crippen molar-refractivity contribution >= 4 is 51.2 Å². The summed E-state index contributed by atoms with van der Waals surface area (Å²) in [4.78, 5) is 99.5. The first-order chi connectivity index (χ1) is 52.9. The summed E-state index contributed by atoms with van der Waals surface area (Å²) in [6.07, 6.45) is 58.9. The van der Waals surface area contributed by atoms with Crippen LogP contribution in [-0.4, -0.2) is 136 Å². The largest absolute Gasteiger partial charge is 1.00 e. The molecule has 0 rings (SSSR count). The summed E-state index contributed by atoms with van der Waals surface area (Å²) in [6, 6.07) is -1.64. The van der Waals surface area contributed by atoms with Gasteiger partial charge in [0.05, 0.1) is 64.9 Å². The van der Waals surface area contributed by atoms with Crippen LogP contribution in [-0.2, 0) is 74.9 Å². The fraction of sp³-hybridized carbons (Fsp3) is 0.929. The van der Waals surface area contributed by atoms with Crippen molar-refractivity contribution in [1.29, 1.82) is 0 Å². The van der Waals surface area contributed by atoms with Gasteiger partial charge in [-0.2, -0.15) is 0 Å². The molecule has 0 aliphatic rings. The topological polar surface area (TPSA) is 299 Å². The van der Waals surface area contributed by atoms with Crippen LogP contribution in [0.4, 0.5) is 0 Å². The van der Waals surface area contributed by atoms with E-state index in [-0.39, 0.29) is 150 Å². The fourth-order valence-corrected chi connectivity index (χ4v) is 14.7. The Bertz CT molecular complexity index is 2100. The van der Waals surface area contributed by atoms with E-state index in [9.17, 15) is 47.7 Å². The van der Waals surface area contributed by atoms with Crippen molar-refractivity contribution in [3.63, 3.8) is 0 Å². The van der Waals surface area contributed by atoms with Gasteiger partial charge in [-0.25, -0.2) is 9.13 Å². The Morgan fingerprint density at radius 2 is 0.541 bits per heavy atom. The molecule has 0 spiro atoms. The summed E-state index contributed by atoms with van der Waals surface area (Å²) in [7, 11) is -9.46. The SMILES string of the molecule is CCCCCCCCCCCCCC(=O)NC(COCC[C@@H](CCCCCCC)OC(=O)CCCCCCCCCCC)COP(=O)(O)OCCNC(=O)CC(=O)NCCOP(=O)(O)OCC(COCC[C@@H](CCCCCCC)OC(=O)CCCCCCCCCCC)NC(=O)CCCCCCCCCCCCC.[H-].[H-].[Na+].[Na+]. The molecule has 0 saturated heterocycles. The molecule has 0 aliphatic carbocycles. The van der Waals surface area contributed by atoms with Gasteiger partial charge in [-0.15, -0.1) is 0 Å². The molecule has 4 unspecified atom stereocenters. The van der Waals surface area contributed by atoms with Gasteiger partial charge in [0, 0.05) is 51.6 Å². The monoisotopic (exact) mass is 1640 g/mol. The minimum atomic E-state index is -4.73. The molecule has 22 nitrogen and oxygen atoms in total. The Hall–Kier alpha value is -1.04. The molecule has 0 radical (unpaired) electrons. The number of esters is 2. The summed E-state index contributed by atoms with van der Waals surface area (Å²) in [6.45, 7) is 11.3. The number of carbonyl (C=O) groups is 6. The third kappa shape index (κ3) is 82.4. The second-order valence-electron chi connectivity index (χ2n) is 30.7. The summed E-state index contributed by atoms with van der Waals surface area (Å²) in [5.74, 6) is -2.36. The van der Waals surface area contributed by atoms with Crippen molar-refractivity contribution in [2.45, 2.75) is 445 Å². The molecule has 0 aliphatic heterocycles. The van der Waals surface area contributed by atoms with Crippen molar-refractivity contribution in [3.05, 3.63) is 0 Å². The zero-order chi connectivity index (χ0) is 80.0. The van der Waals surface area contributed by atoms with Crippen LogP contribution in [0.15, 0.2) is 0 Å². The number of hydrogen-bond donors (Lipinski definition) is 6. The molecule has 0 fully saturated rings. The molecule has 6 N–H and O–H groups in total. The van der Waals surface area contributed by atoms with Gasteiger partial charge in [0.1, 0.15) is 18.6 Å². The molecule has 4 amide bonds. The van der Waals surface area contributed by atoms with E-state index in [1.54, 1.807) is 0 Å². The van der Waals surface area contributed by atoms with E-state index < -0.39 is 72.4 Å². The Balaban J connectivity index is -0.00000972. The average Bonchev–Trinajstić information content (AvgIpc) is 0.810. The maximum Gasteiger partial charge on any atom is 1.00 e. The number of rotatable bonds is 86. The van der Waals surface area contributed by atoms with Crippen molar-refractivity contribution in [1.82, 2.24) is 21.3 Å². The first-order valence-electron chi connectivity index (χ1n) is 44.8. The van der Waals surface area contributed by atoms with Crippen LogP contribution in [0.5, 0.6) is 0 Å². The Morgan fingerprint density at radius 1 is 0.297 bits per heavy atom. The molecule has 0 aromatic rings. The number of phosphoric ester groups is 2. The van der Waals surface area contributed by atoms with Crippen LogP contribution in [0.25, 0.3) is 0 Å². The molecule has 648 valence electrons. The van der Waals surface area contributed by atoms with Crippen molar-refractivity contribution in [3.8, 4) is 0 Å². The maximum atomic E-state index is 13.3. The first-order valence-corrected chi connectivity index (χ1v) is 47.8. The van der Waals surface area contributed by atoms with Gasteiger partial charge < -0.3 is 52.9 Å². The minimum absolute atomic E-state index is 0. The van der Waals surface area contributed by atoms with Crippen molar-refractivity contribution < 1.29 is 147 Å². The zero-order valence-corrected chi connectivity index (χ0v) is 78.2. The van der Waals surface area contributed by atoms with Gasteiger partial charge in [-0.1, -0.05) is 324 Å². The smallest absolute Gasteiger partial charge is 1.00 e. The molecule has 0 bridgehead atoms. The van der Waals surface area contributed by atoms with Gasteiger partial charge in [0.2, 0.25) is 23.6 Å². The quantitative estimate of drug-likeness (QED) is 0.0108. The zero-order valence-electron chi connectivity index (χ0n) is 74.4. The Morgan fingerprint density at radius 3 is 0.811 bits per heavy atom. The molecule has 26 heteroatoms. The third-order valence-corrected chi connectivity index (χ3v) is 21.9. The predicted molar refractivity (Wildman–Crippen MR) is 443 cm³/mol. The van der Waals surface area contributed by atoms with E-state index in [2.05, 4.69) is 62.8 Å². The number of phosphoric acid groups is 2. The second-order valence-corrected chi connectivity index (χ2v) is 33.6. The maximum absolute atomic E-state index is 13.3. The van der Waals surface area contributed by atoms with E-state index in [4.69, 9.17) is 37.0 Å². The van der Waals surface area contributed by atoms with Crippen LogP contribution >= 0.6 is 15.6 Å². The van der Waals surface area contributed by atoms with E-state index in [1.807, 2.05) is 0 Å². The third-order valence-electron chi connectivity index (χ3n) is 19.9. The molecule has 0 heterocycles. The van der Waals surface area contributed by atoms with Gasteiger partial charge >= 0.3 is 86.7 Å². The second kappa shape index (κ2) is 85.4. The number of hydrogen-bond acceptors (Lipinski definition) is 16. The molecule has 0 saturated carbocycles. The molecule has 6 atom stereocenters. The van der Waals surface area contributed by atoms with Crippen LogP contribution in [0, 0.1) is 0 Å². The number of ether oxygens (including phenoxy) is 4. The Labute approximate surface area is 724 Å². The number of unbranched alkanes of at least 4 members (excludes halogenated alkanes) is 44. The van der Waals surface area contributed by atoms with E-state index >= 15 is 0 Å². The first kappa shape index (κ1) is 114. The normalized spacial score (nSPS) is 13.5. The van der Waals surface area contributed by atoms with Crippen LogP contribution in [0.1, 0.15) is 423 Å². The summed E-state index contributed by atoms with van der Waals surface area (Å²) < 4.78 is 71.5. The minimum Gasteiger partial charge on any atom is -1.00 e. The van der Waals surface area contributed by atoms with E-state index in [0.717, 1.165) is 141 Å². The molecule has 0 aromatic heterocycles. The average molecular weight is 1640 g/mol. The van der Waals surface area contributed by atoms with Crippen molar-refractivity contribution in [2.75, 3.05) is 65.9 Å². The van der Waals surface area contributed by atoms with Gasteiger partial charge in [-0.05, 0) is 51.4 Å². The summed E-state index contributed by atoms with van der Waals surface area (Å²) >= 11 is 0. The molecule has 111 heavy (non-hydrogen) atoms. The predicted octanol–water partition coefficient (Wildman–Crippen LogP) is 15.7. The number of amides is 4. The number of nitrogens with one attached hydrogen (secondary N) is 4. The standard InChI is InChI=1S/C85H166N4O18P2.2Na.2H/c1-7-13-19-25-29-33-35-39-41-47-53-59-80(90)88-76(72-100-67-63-78(57-51-45-23-17-11-5)106-84(94)61-55-49-43-37-31-27-21-15-9-3)74-104-108(96,97)102-69-65-86-82(92)71-83(93)87-66-70-103-109(98,99)105-75-77(89-81(91)60-54-48-42-40-36-34-30-26-20-14-8-2)73-101-68-64-79(58-52-46-24-18-12-6)107-85(95)62-56-50-44-38-32-28-22-16-10-4;;;;/h76-79H,7-75H2,1-6H3,(H,86,92)(H,87,93)(H,88,90)(H,89,91)(H,96,97)(H,98,99);;;;/q;2*+1;2*-1/t76?,77?,78-,79-;;;;/m1..../s1. The molecule has 0 aromatic carbocycles. The van der Waals surface area contributed by atoms with Crippen LogP contribution < -0.4 is 80.4 Å². The molecular formula is C85H168N4Na2O18P2. The van der Waals surface area contributed by atoms with Crippen molar-refractivity contribution in [2.24, 2.45) is 0 Å². The fourth-order valence-electron chi connectivity index (χ4n) is 13.2.